The molecule has 1 fully saturated rings. The van der Waals surface area contributed by atoms with Crippen LogP contribution in [-0.4, -0.2) is 64.4 Å². The summed E-state index contributed by atoms with van der Waals surface area (Å²) < 4.78 is 11.2. The molecule has 0 aliphatic carbocycles. The molecule has 7 nitrogen and oxygen atoms in total. The second-order valence-corrected chi connectivity index (χ2v) is 8.67. The molecule has 0 amide bonds. The quantitative estimate of drug-likeness (QED) is 0.474. The summed E-state index contributed by atoms with van der Waals surface area (Å²) >= 11 is 1.79. The molecule has 0 unspecified atom stereocenters. The van der Waals surface area contributed by atoms with Gasteiger partial charge in [-0.05, 0) is 40.5 Å². The topological polar surface area (TPSA) is 111 Å². The van der Waals surface area contributed by atoms with Crippen molar-refractivity contribution in [1.29, 1.82) is 0 Å². The van der Waals surface area contributed by atoms with E-state index in [2.05, 4.69) is 23.5 Å². The van der Waals surface area contributed by atoms with E-state index in [4.69, 9.17) is 9.47 Å². The minimum atomic E-state index is -1.41. The lowest BCUT2D eigenvalue weighted by molar-refractivity contribution is -0.231. The van der Waals surface area contributed by atoms with Gasteiger partial charge in [0.15, 0.2) is 0 Å². The lowest BCUT2D eigenvalue weighted by atomic mass is 9.90. The zero-order chi connectivity index (χ0) is 21.3. The van der Waals surface area contributed by atoms with Crippen molar-refractivity contribution in [3.05, 3.63) is 58.7 Å². The number of fused-ring (bicyclic) bond motifs is 1. The molecule has 5 atom stereocenters. The van der Waals surface area contributed by atoms with Crippen molar-refractivity contribution < 1.29 is 29.9 Å². The van der Waals surface area contributed by atoms with Gasteiger partial charge in [-0.1, -0.05) is 18.2 Å². The Hall–Kier alpha value is -1.65. The number of hydrogen-bond acceptors (Lipinski definition) is 8. The number of benzene rings is 2. The second kappa shape index (κ2) is 9.23. The number of ether oxygens (including phenoxy) is 2. The third kappa shape index (κ3) is 4.22. The Bertz CT molecular complexity index is 892. The summed E-state index contributed by atoms with van der Waals surface area (Å²) in [6.07, 6.45) is -5.26. The third-order valence-corrected chi connectivity index (χ3v) is 6.75. The Labute approximate surface area is 179 Å². The van der Waals surface area contributed by atoms with Gasteiger partial charge in [0.25, 0.3) is 0 Å². The Morgan fingerprint density at radius 2 is 1.93 bits per heavy atom. The van der Waals surface area contributed by atoms with Gasteiger partial charge in [-0.2, -0.15) is 0 Å². The Morgan fingerprint density at radius 1 is 1.10 bits per heavy atom. The van der Waals surface area contributed by atoms with Crippen LogP contribution in [0, 0.1) is 0 Å². The van der Waals surface area contributed by atoms with E-state index in [0.29, 0.717) is 17.7 Å². The average Bonchev–Trinajstić information content (AvgIpc) is 2.77. The molecule has 8 heteroatoms. The van der Waals surface area contributed by atoms with Crippen LogP contribution in [0.3, 0.4) is 0 Å². The van der Waals surface area contributed by atoms with E-state index < -0.39 is 37.1 Å². The number of methoxy groups -OCH3 is 1. The van der Waals surface area contributed by atoms with Crippen LogP contribution in [0.1, 0.15) is 28.4 Å². The van der Waals surface area contributed by atoms with Crippen LogP contribution in [0.2, 0.25) is 0 Å². The highest BCUT2D eigenvalue weighted by molar-refractivity contribution is 7.99. The molecule has 0 spiro atoms. The summed E-state index contributed by atoms with van der Waals surface area (Å²) in [5.74, 6) is 1.63. The molecule has 0 bridgehead atoms. The van der Waals surface area contributed by atoms with Gasteiger partial charge in [-0.25, -0.2) is 0 Å². The number of hydrogen-bond donors (Lipinski definition) is 5. The fourth-order valence-corrected chi connectivity index (χ4v) is 4.89. The van der Waals surface area contributed by atoms with Crippen molar-refractivity contribution in [3.8, 4) is 5.75 Å². The van der Waals surface area contributed by atoms with Crippen LogP contribution in [0.5, 0.6) is 5.75 Å². The fourth-order valence-electron chi connectivity index (χ4n) is 4.05. The van der Waals surface area contributed by atoms with Gasteiger partial charge in [0.05, 0.1) is 13.7 Å². The predicted octanol–water partition coefficient (Wildman–Crippen LogP) is 0.954. The van der Waals surface area contributed by atoms with Gasteiger partial charge in [0.2, 0.25) is 0 Å². The SMILES string of the molecule is COc1ccc([C@@H]2O[C@H](CO)[C@@H](O)[C@H](O)[C@H]2O)cc1Cc1ccc2c(c1)CNCS2. The molecule has 2 heterocycles. The Balaban J connectivity index is 1.62. The molecule has 5 N–H and O–H groups in total. The minimum absolute atomic E-state index is 0.453. The molecule has 4 rings (SSSR count). The number of rotatable bonds is 5. The lowest BCUT2D eigenvalue weighted by Gasteiger charge is -2.40. The van der Waals surface area contributed by atoms with Crippen LogP contribution < -0.4 is 10.1 Å². The van der Waals surface area contributed by atoms with Gasteiger partial charge < -0.3 is 35.2 Å². The Kier molecular flexibility index (Phi) is 6.64. The van der Waals surface area contributed by atoms with E-state index in [1.165, 1.54) is 10.5 Å². The zero-order valence-corrected chi connectivity index (χ0v) is 17.5. The first kappa shape index (κ1) is 21.6. The molecule has 2 aromatic carbocycles. The van der Waals surface area contributed by atoms with Gasteiger partial charge in [-0.3, -0.25) is 0 Å². The van der Waals surface area contributed by atoms with Crippen LogP contribution in [0.4, 0.5) is 0 Å². The van der Waals surface area contributed by atoms with Crippen molar-refractivity contribution >= 4 is 11.8 Å². The first-order valence-corrected chi connectivity index (χ1v) is 10.9. The monoisotopic (exact) mass is 433 g/mol. The predicted molar refractivity (Wildman–Crippen MR) is 113 cm³/mol. The summed E-state index contributed by atoms with van der Waals surface area (Å²) in [5.41, 5.74) is 3.98. The molecule has 0 radical (unpaired) electrons. The first-order valence-electron chi connectivity index (χ1n) is 9.94. The Morgan fingerprint density at radius 3 is 2.70 bits per heavy atom. The number of nitrogens with one attached hydrogen (secondary N) is 1. The average molecular weight is 434 g/mol. The van der Waals surface area contributed by atoms with Gasteiger partial charge >= 0.3 is 0 Å². The zero-order valence-electron chi connectivity index (χ0n) is 16.7. The number of aliphatic hydroxyl groups is 4. The van der Waals surface area contributed by atoms with Crippen LogP contribution in [0.25, 0.3) is 0 Å². The normalized spacial score (nSPS) is 28.8. The molecule has 2 aliphatic heterocycles. The maximum Gasteiger partial charge on any atom is 0.122 e. The summed E-state index contributed by atoms with van der Waals surface area (Å²) in [5, 5.41) is 43.4. The van der Waals surface area contributed by atoms with Crippen molar-refractivity contribution in [2.75, 3.05) is 19.6 Å². The lowest BCUT2D eigenvalue weighted by Crippen LogP contribution is -2.55. The smallest absolute Gasteiger partial charge is 0.122 e. The van der Waals surface area contributed by atoms with E-state index >= 15 is 0 Å². The number of aliphatic hydroxyl groups excluding tert-OH is 4. The molecule has 162 valence electrons. The van der Waals surface area contributed by atoms with Gasteiger partial charge in [0.1, 0.15) is 36.3 Å². The summed E-state index contributed by atoms with van der Waals surface area (Å²) in [6.45, 7) is 0.393. The second-order valence-electron chi connectivity index (χ2n) is 7.66. The van der Waals surface area contributed by atoms with Crippen LogP contribution in [0.15, 0.2) is 41.3 Å². The molecule has 2 aromatic rings. The van der Waals surface area contributed by atoms with E-state index in [9.17, 15) is 20.4 Å². The van der Waals surface area contributed by atoms with E-state index in [1.807, 2.05) is 12.1 Å². The highest BCUT2D eigenvalue weighted by Gasteiger charge is 2.44. The summed E-state index contributed by atoms with van der Waals surface area (Å²) in [4.78, 5) is 1.29. The maximum atomic E-state index is 10.5. The van der Waals surface area contributed by atoms with E-state index in [1.54, 1.807) is 24.9 Å². The van der Waals surface area contributed by atoms with Crippen molar-refractivity contribution in [1.82, 2.24) is 5.32 Å². The fraction of sp³-hybridized carbons (Fsp3) is 0.455. The van der Waals surface area contributed by atoms with Crippen molar-refractivity contribution in [3.63, 3.8) is 0 Å². The minimum Gasteiger partial charge on any atom is -0.496 e. The van der Waals surface area contributed by atoms with Crippen molar-refractivity contribution in [2.45, 2.75) is 48.4 Å². The molecule has 0 aromatic heterocycles. The third-order valence-electron chi connectivity index (χ3n) is 5.69. The highest BCUT2D eigenvalue weighted by Crippen LogP contribution is 2.35. The highest BCUT2D eigenvalue weighted by atomic mass is 32.2. The van der Waals surface area contributed by atoms with E-state index in [0.717, 1.165) is 23.5 Å². The molecular formula is C22H27NO6S. The first-order chi connectivity index (χ1) is 14.5. The van der Waals surface area contributed by atoms with Crippen LogP contribution >= 0.6 is 11.8 Å². The maximum absolute atomic E-state index is 10.5. The van der Waals surface area contributed by atoms with Crippen molar-refractivity contribution in [2.24, 2.45) is 0 Å². The summed E-state index contributed by atoms with van der Waals surface area (Å²) in [7, 11) is 1.61. The largest absolute Gasteiger partial charge is 0.496 e. The summed E-state index contributed by atoms with van der Waals surface area (Å²) in [6, 6.07) is 11.9. The molecule has 2 aliphatic rings. The number of thioether (sulfide) groups is 1. The molecule has 30 heavy (non-hydrogen) atoms. The molecule has 1 saturated heterocycles. The van der Waals surface area contributed by atoms with Gasteiger partial charge in [-0.15, -0.1) is 11.8 Å². The van der Waals surface area contributed by atoms with E-state index in [-0.39, 0.29) is 0 Å². The molecule has 0 saturated carbocycles. The molecular weight excluding hydrogens is 406 g/mol. The standard InChI is InChI=1S/C22H27NO6S/c1-28-16-4-3-13(22-21(27)20(26)19(25)17(10-24)29-22)8-14(16)6-12-2-5-18-15(7-12)9-23-11-30-18/h2-5,7-8,17,19-27H,6,9-11H2,1H3/t17-,19-,20+,21-,22+/m1/s1. The van der Waals surface area contributed by atoms with Crippen LogP contribution in [-0.2, 0) is 17.7 Å². The van der Waals surface area contributed by atoms with Gasteiger partial charge in [0, 0.05) is 23.7 Å².